The van der Waals surface area contributed by atoms with E-state index in [0.717, 1.165) is 50.7 Å². The molecule has 2 aromatic rings. The number of carbonyl (C=O) groups is 2. The van der Waals surface area contributed by atoms with Crippen LogP contribution in [-0.2, 0) is 22.6 Å². The van der Waals surface area contributed by atoms with E-state index in [1.165, 1.54) is 6.26 Å². The van der Waals surface area contributed by atoms with Crippen LogP contribution in [0, 0.1) is 0 Å². The topological polar surface area (TPSA) is 91.6 Å². The molecule has 0 bridgehead atoms. The van der Waals surface area contributed by atoms with Crippen LogP contribution in [0.15, 0.2) is 34.9 Å². The number of methoxy groups -OCH3 is 1. The Kier molecular flexibility index (Phi) is 8.73. The Bertz CT molecular complexity index is 982. The van der Waals surface area contributed by atoms with E-state index in [1.54, 1.807) is 23.8 Å². The first-order valence-electron chi connectivity index (χ1n) is 12.2. The van der Waals surface area contributed by atoms with Crippen molar-refractivity contribution in [3.8, 4) is 5.75 Å². The Hall–Kier alpha value is -2.95. The van der Waals surface area contributed by atoms with Crippen LogP contribution in [0.4, 0.5) is 0 Å². The lowest BCUT2D eigenvalue weighted by Crippen LogP contribution is -2.50. The zero-order valence-electron chi connectivity index (χ0n) is 20.6. The molecule has 0 radical (unpaired) electrons. The summed E-state index contributed by atoms with van der Waals surface area (Å²) in [6.07, 6.45) is 1.44. The summed E-state index contributed by atoms with van der Waals surface area (Å²) in [5, 5.41) is 0. The number of para-hydroxylation sites is 1. The molecule has 0 N–H and O–H groups in total. The highest BCUT2D eigenvalue weighted by molar-refractivity contribution is 5.92. The molecular formula is C25H35N5O5. The minimum atomic E-state index is -0.159. The van der Waals surface area contributed by atoms with Gasteiger partial charge in [0.1, 0.15) is 12.0 Å². The van der Waals surface area contributed by atoms with Crippen LogP contribution in [0.1, 0.15) is 28.9 Å². The molecule has 10 heteroatoms. The van der Waals surface area contributed by atoms with Crippen LogP contribution >= 0.6 is 0 Å². The van der Waals surface area contributed by atoms with Gasteiger partial charge in [-0.25, -0.2) is 4.98 Å². The number of aromatic nitrogens is 1. The first kappa shape index (κ1) is 25.2. The summed E-state index contributed by atoms with van der Waals surface area (Å²) in [7, 11) is 1.68. The van der Waals surface area contributed by atoms with Crippen molar-refractivity contribution >= 4 is 11.8 Å². The predicted molar refractivity (Wildman–Crippen MR) is 129 cm³/mol. The number of hydrogen-bond donors (Lipinski definition) is 0. The van der Waals surface area contributed by atoms with Gasteiger partial charge in [-0.1, -0.05) is 18.2 Å². The molecule has 10 nitrogen and oxygen atoms in total. The molecule has 1 aromatic carbocycles. The molecule has 4 rings (SSSR count). The molecule has 190 valence electrons. The van der Waals surface area contributed by atoms with Gasteiger partial charge in [0.05, 0.1) is 26.9 Å². The van der Waals surface area contributed by atoms with Crippen molar-refractivity contribution in [3.63, 3.8) is 0 Å². The van der Waals surface area contributed by atoms with Gasteiger partial charge in [-0.05, 0) is 6.07 Å². The molecular weight excluding hydrogens is 450 g/mol. The van der Waals surface area contributed by atoms with E-state index in [2.05, 4.69) is 20.9 Å². The summed E-state index contributed by atoms with van der Waals surface area (Å²) in [6.45, 7) is 9.89. The zero-order valence-corrected chi connectivity index (χ0v) is 20.6. The fourth-order valence-electron chi connectivity index (χ4n) is 4.46. The number of oxazole rings is 1. The second-order valence-electron chi connectivity index (χ2n) is 8.90. The summed E-state index contributed by atoms with van der Waals surface area (Å²) in [4.78, 5) is 37.1. The van der Waals surface area contributed by atoms with Gasteiger partial charge < -0.3 is 23.7 Å². The molecule has 0 atom stereocenters. The summed E-state index contributed by atoms with van der Waals surface area (Å²) in [5.41, 5.74) is 1.39. The molecule has 0 saturated carbocycles. The monoisotopic (exact) mass is 485 g/mol. The number of hydrogen-bond acceptors (Lipinski definition) is 8. The van der Waals surface area contributed by atoms with Crippen LogP contribution in [-0.4, -0.2) is 109 Å². The van der Waals surface area contributed by atoms with Crippen molar-refractivity contribution in [1.29, 1.82) is 0 Å². The van der Waals surface area contributed by atoms with E-state index in [-0.39, 0.29) is 11.8 Å². The Morgan fingerprint density at radius 3 is 2.46 bits per heavy atom. The number of nitrogens with zero attached hydrogens (tertiary/aromatic N) is 5. The highest BCUT2D eigenvalue weighted by Crippen LogP contribution is 2.21. The third-order valence-corrected chi connectivity index (χ3v) is 6.56. The number of piperazine rings is 1. The lowest BCUT2D eigenvalue weighted by atomic mass is 10.2. The van der Waals surface area contributed by atoms with Crippen LogP contribution in [0.25, 0.3) is 0 Å². The number of rotatable bonds is 9. The summed E-state index contributed by atoms with van der Waals surface area (Å²) >= 11 is 0. The van der Waals surface area contributed by atoms with Crippen molar-refractivity contribution in [2.75, 3.05) is 72.7 Å². The first-order chi connectivity index (χ1) is 17.0. The van der Waals surface area contributed by atoms with Gasteiger partial charge in [0.2, 0.25) is 11.8 Å². The number of morpholine rings is 1. The Balaban J connectivity index is 1.40. The first-order valence-corrected chi connectivity index (χ1v) is 12.2. The Morgan fingerprint density at radius 1 is 1.03 bits per heavy atom. The van der Waals surface area contributed by atoms with Crippen molar-refractivity contribution in [2.45, 2.75) is 20.0 Å². The molecule has 2 amide bonds. The second kappa shape index (κ2) is 12.1. The number of benzene rings is 1. The van der Waals surface area contributed by atoms with Crippen molar-refractivity contribution in [2.24, 2.45) is 0 Å². The molecule has 2 aliphatic heterocycles. The minimum Gasteiger partial charge on any atom is -0.496 e. The number of ether oxygens (including phenoxy) is 2. The largest absolute Gasteiger partial charge is 0.496 e. The highest BCUT2D eigenvalue weighted by atomic mass is 16.5. The Labute approximate surface area is 206 Å². The molecule has 0 unspecified atom stereocenters. The van der Waals surface area contributed by atoms with Crippen molar-refractivity contribution in [3.05, 3.63) is 47.7 Å². The molecule has 2 saturated heterocycles. The lowest BCUT2D eigenvalue weighted by molar-refractivity contribution is -0.130. The number of carbonyl (C=O) groups excluding carboxylic acids is 2. The van der Waals surface area contributed by atoms with Crippen LogP contribution in [0.3, 0.4) is 0 Å². The maximum atomic E-state index is 12.9. The summed E-state index contributed by atoms with van der Waals surface area (Å²) < 4.78 is 16.7. The van der Waals surface area contributed by atoms with Gasteiger partial charge in [0.15, 0.2) is 5.69 Å². The van der Waals surface area contributed by atoms with Gasteiger partial charge in [-0.3, -0.25) is 19.4 Å². The average molecular weight is 486 g/mol. The van der Waals surface area contributed by atoms with Crippen molar-refractivity contribution in [1.82, 2.24) is 24.6 Å². The summed E-state index contributed by atoms with van der Waals surface area (Å²) in [5.74, 6) is 1.23. The molecule has 1 aromatic heterocycles. The maximum absolute atomic E-state index is 12.9. The summed E-state index contributed by atoms with van der Waals surface area (Å²) in [6, 6.07) is 7.99. The average Bonchev–Trinajstić information content (AvgIpc) is 3.36. The highest BCUT2D eigenvalue weighted by Gasteiger charge is 2.26. The van der Waals surface area contributed by atoms with Crippen LogP contribution in [0.2, 0.25) is 0 Å². The lowest BCUT2D eigenvalue weighted by Gasteiger charge is -2.33. The van der Waals surface area contributed by atoms with E-state index in [0.29, 0.717) is 50.9 Å². The maximum Gasteiger partial charge on any atom is 0.275 e. The third kappa shape index (κ3) is 6.81. The third-order valence-electron chi connectivity index (χ3n) is 6.56. The fourth-order valence-corrected chi connectivity index (χ4v) is 4.46. The van der Waals surface area contributed by atoms with E-state index in [9.17, 15) is 9.59 Å². The van der Waals surface area contributed by atoms with Crippen LogP contribution in [0.5, 0.6) is 5.75 Å². The SMILES string of the molecule is COc1ccccc1CN(CCN1CCOCC1)Cc1nc(C(=O)N2CCN(C(C)=O)CC2)co1. The zero-order chi connectivity index (χ0) is 24.6. The van der Waals surface area contributed by atoms with Gasteiger partial charge in [-0.2, -0.15) is 0 Å². The smallest absolute Gasteiger partial charge is 0.275 e. The standard InChI is InChI=1S/C25H35N5O5/c1-20(31)29-9-11-30(12-10-29)25(32)22-19-35-24(26-22)18-28(8-7-27-13-15-34-16-14-27)17-21-5-3-4-6-23(21)33-2/h3-6,19H,7-18H2,1-2H3. The molecule has 2 fully saturated rings. The van der Waals surface area contributed by atoms with Gasteiger partial charge in [0, 0.05) is 71.4 Å². The van der Waals surface area contributed by atoms with Gasteiger partial charge in [-0.15, -0.1) is 0 Å². The normalized spacial score (nSPS) is 17.1. The van der Waals surface area contributed by atoms with E-state index in [4.69, 9.17) is 13.9 Å². The molecule has 35 heavy (non-hydrogen) atoms. The second-order valence-corrected chi connectivity index (χ2v) is 8.90. The van der Waals surface area contributed by atoms with E-state index < -0.39 is 0 Å². The van der Waals surface area contributed by atoms with Gasteiger partial charge >= 0.3 is 0 Å². The fraction of sp³-hybridized carbons (Fsp3) is 0.560. The molecule has 2 aliphatic rings. The minimum absolute atomic E-state index is 0.0352. The predicted octanol–water partition coefficient (Wildman–Crippen LogP) is 1.32. The molecule has 0 spiro atoms. The van der Waals surface area contributed by atoms with Crippen molar-refractivity contribution < 1.29 is 23.5 Å². The van der Waals surface area contributed by atoms with E-state index >= 15 is 0 Å². The van der Waals surface area contributed by atoms with E-state index in [1.807, 2.05) is 18.2 Å². The quantitative estimate of drug-likeness (QED) is 0.525. The molecule has 3 heterocycles. The van der Waals surface area contributed by atoms with Crippen LogP contribution < -0.4 is 4.74 Å². The number of amides is 2. The molecule has 0 aliphatic carbocycles. The van der Waals surface area contributed by atoms with Gasteiger partial charge in [0.25, 0.3) is 5.91 Å². The Morgan fingerprint density at radius 2 is 1.74 bits per heavy atom.